The number of hydrogen-bond donors (Lipinski definition) is 2. The molecule has 7 nitrogen and oxygen atoms in total. The molecule has 0 atom stereocenters. The molecule has 0 spiro atoms. The molecular formula is C16H19ClFN5O2. The maximum atomic E-state index is 14.0. The molecule has 2 heterocycles. The van der Waals surface area contributed by atoms with Crippen molar-refractivity contribution in [3.63, 3.8) is 0 Å². The summed E-state index contributed by atoms with van der Waals surface area (Å²) in [4.78, 5) is 12.4. The molecule has 1 aromatic carbocycles. The first kappa shape index (κ1) is 17.7. The first-order chi connectivity index (χ1) is 12.1. The number of nitrogen functional groups attached to an aromatic ring is 1. The van der Waals surface area contributed by atoms with Crippen LogP contribution in [0.3, 0.4) is 0 Å². The van der Waals surface area contributed by atoms with Crippen LogP contribution in [0, 0.1) is 5.82 Å². The fourth-order valence-corrected chi connectivity index (χ4v) is 2.83. The Bertz CT molecular complexity index is 740. The van der Waals surface area contributed by atoms with E-state index in [0.29, 0.717) is 36.2 Å². The molecule has 9 heteroatoms. The number of rotatable bonds is 5. The maximum Gasteiger partial charge on any atom is 0.222 e. The molecule has 3 rings (SSSR count). The summed E-state index contributed by atoms with van der Waals surface area (Å²) in [7, 11) is 0. The second-order valence-electron chi connectivity index (χ2n) is 5.65. The Balaban J connectivity index is 1.81. The number of β-amino-alcohol motifs (C(OH)–C–C–N with tert-alkyl or cyclic N) is 1. The van der Waals surface area contributed by atoms with Gasteiger partial charge in [0.2, 0.25) is 5.95 Å². The fraction of sp³-hybridized carbons (Fsp3) is 0.375. The number of aromatic nitrogens is 2. The number of benzene rings is 1. The summed E-state index contributed by atoms with van der Waals surface area (Å²) in [6, 6.07) is 4.19. The van der Waals surface area contributed by atoms with E-state index in [0.717, 1.165) is 13.1 Å². The molecule has 0 radical (unpaired) electrons. The van der Waals surface area contributed by atoms with E-state index in [9.17, 15) is 4.39 Å². The highest BCUT2D eigenvalue weighted by Gasteiger charge is 2.22. The van der Waals surface area contributed by atoms with Gasteiger partial charge in [-0.25, -0.2) is 9.37 Å². The molecule has 0 unspecified atom stereocenters. The number of nitrogens with zero attached hydrogens (tertiary/aromatic N) is 4. The molecule has 0 bridgehead atoms. The van der Waals surface area contributed by atoms with E-state index >= 15 is 0 Å². The lowest BCUT2D eigenvalue weighted by molar-refractivity contribution is 0.188. The van der Waals surface area contributed by atoms with Gasteiger partial charge >= 0.3 is 0 Å². The Morgan fingerprint density at radius 1 is 1.24 bits per heavy atom. The van der Waals surface area contributed by atoms with Crippen LogP contribution in [0.5, 0.6) is 11.5 Å². The number of aliphatic hydroxyl groups excluding tert-OH is 1. The van der Waals surface area contributed by atoms with Crippen LogP contribution in [0.2, 0.25) is 5.02 Å². The average Bonchev–Trinajstić information content (AvgIpc) is 2.60. The maximum absolute atomic E-state index is 14.0. The van der Waals surface area contributed by atoms with Crippen molar-refractivity contribution in [2.45, 2.75) is 0 Å². The van der Waals surface area contributed by atoms with Crippen LogP contribution in [0.25, 0.3) is 0 Å². The van der Waals surface area contributed by atoms with Crippen LogP contribution in [0.15, 0.2) is 24.4 Å². The van der Waals surface area contributed by atoms with E-state index in [1.165, 1.54) is 18.3 Å². The number of anilines is 2. The Morgan fingerprint density at radius 3 is 2.68 bits per heavy atom. The standard InChI is InChI=1S/C16H19ClFN5O2/c17-11-1-2-13(12(18)9-11)25-14-10-20-16(19)21-15(14)23-5-3-22(4-6-23)7-8-24/h1-2,9-10,24H,3-8H2,(H2,19,20,21). The second kappa shape index (κ2) is 7.81. The summed E-state index contributed by atoms with van der Waals surface area (Å²) in [5.74, 6) is 0.439. The van der Waals surface area contributed by atoms with Crippen LogP contribution in [0.1, 0.15) is 0 Å². The third kappa shape index (κ3) is 4.28. The largest absolute Gasteiger partial charge is 0.449 e. The molecule has 0 amide bonds. The normalized spacial score (nSPS) is 15.4. The minimum Gasteiger partial charge on any atom is -0.449 e. The van der Waals surface area contributed by atoms with Crippen LogP contribution in [0.4, 0.5) is 16.2 Å². The Kier molecular flexibility index (Phi) is 5.52. The van der Waals surface area contributed by atoms with Gasteiger partial charge < -0.3 is 20.5 Å². The molecule has 2 aromatic rings. The van der Waals surface area contributed by atoms with Crippen molar-refractivity contribution in [3.05, 3.63) is 35.2 Å². The van der Waals surface area contributed by atoms with Crippen LogP contribution in [-0.2, 0) is 0 Å². The molecule has 134 valence electrons. The van der Waals surface area contributed by atoms with Gasteiger partial charge in [0.25, 0.3) is 0 Å². The lowest BCUT2D eigenvalue weighted by Crippen LogP contribution is -2.47. The predicted molar refractivity (Wildman–Crippen MR) is 93.7 cm³/mol. The van der Waals surface area contributed by atoms with Crippen molar-refractivity contribution < 1.29 is 14.2 Å². The molecule has 25 heavy (non-hydrogen) atoms. The van der Waals surface area contributed by atoms with Gasteiger partial charge in [0.1, 0.15) is 0 Å². The minimum atomic E-state index is -0.567. The van der Waals surface area contributed by atoms with Gasteiger partial charge in [0, 0.05) is 37.7 Å². The SMILES string of the molecule is Nc1ncc(Oc2ccc(Cl)cc2F)c(N2CCN(CCO)CC2)n1. The summed E-state index contributed by atoms with van der Waals surface area (Å²) < 4.78 is 19.7. The Morgan fingerprint density at radius 2 is 2.00 bits per heavy atom. The van der Waals surface area contributed by atoms with Crippen molar-refractivity contribution in [1.82, 2.24) is 14.9 Å². The van der Waals surface area contributed by atoms with Gasteiger partial charge in [-0.2, -0.15) is 4.98 Å². The van der Waals surface area contributed by atoms with Gasteiger partial charge in [0.05, 0.1) is 12.8 Å². The number of hydrogen-bond acceptors (Lipinski definition) is 7. The summed E-state index contributed by atoms with van der Waals surface area (Å²) in [5.41, 5.74) is 5.71. The fourth-order valence-electron chi connectivity index (χ4n) is 2.67. The topological polar surface area (TPSA) is 87.7 Å². The average molecular weight is 368 g/mol. The second-order valence-corrected chi connectivity index (χ2v) is 6.08. The third-order valence-electron chi connectivity index (χ3n) is 3.96. The van der Waals surface area contributed by atoms with E-state index in [4.69, 9.17) is 27.2 Å². The molecule has 1 saturated heterocycles. The summed E-state index contributed by atoms with van der Waals surface area (Å²) in [5, 5.41) is 9.32. The zero-order valence-electron chi connectivity index (χ0n) is 13.5. The third-order valence-corrected chi connectivity index (χ3v) is 4.19. The highest BCUT2D eigenvalue weighted by atomic mass is 35.5. The Labute approximate surface area is 149 Å². The van der Waals surface area contributed by atoms with Gasteiger partial charge in [-0.15, -0.1) is 0 Å². The van der Waals surface area contributed by atoms with Crippen LogP contribution < -0.4 is 15.4 Å². The molecule has 1 aliphatic heterocycles. The van der Waals surface area contributed by atoms with E-state index in [-0.39, 0.29) is 18.3 Å². The lowest BCUT2D eigenvalue weighted by atomic mass is 10.3. The molecule has 1 aliphatic rings. The Hall–Kier alpha value is -2.16. The number of halogens is 2. The number of piperazine rings is 1. The van der Waals surface area contributed by atoms with E-state index in [2.05, 4.69) is 14.9 Å². The zero-order valence-corrected chi connectivity index (χ0v) is 14.3. The molecule has 1 fully saturated rings. The van der Waals surface area contributed by atoms with E-state index < -0.39 is 5.82 Å². The van der Waals surface area contributed by atoms with Crippen molar-refractivity contribution in [3.8, 4) is 11.5 Å². The minimum absolute atomic E-state index is 0.0398. The summed E-state index contributed by atoms with van der Waals surface area (Å²) in [6.07, 6.45) is 1.44. The molecule has 1 aromatic heterocycles. The summed E-state index contributed by atoms with van der Waals surface area (Å²) >= 11 is 5.77. The van der Waals surface area contributed by atoms with Crippen molar-refractivity contribution in [2.75, 3.05) is 50.0 Å². The van der Waals surface area contributed by atoms with Crippen LogP contribution in [-0.4, -0.2) is 59.3 Å². The predicted octanol–water partition coefficient (Wildman–Crippen LogP) is 1.76. The molecular weight excluding hydrogens is 349 g/mol. The van der Waals surface area contributed by atoms with Crippen molar-refractivity contribution >= 4 is 23.4 Å². The first-order valence-corrected chi connectivity index (χ1v) is 8.28. The number of ether oxygens (including phenoxy) is 1. The van der Waals surface area contributed by atoms with Crippen molar-refractivity contribution in [1.29, 1.82) is 0 Å². The van der Waals surface area contributed by atoms with Gasteiger partial charge in [0.15, 0.2) is 23.1 Å². The molecule has 0 aliphatic carbocycles. The van der Waals surface area contributed by atoms with Gasteiger partial charge in [-0.1, -0.05) is 11.6 Å². The lowest BCUT2D eigenvalue weighted by Gasteiger charge is -2.35. The zero-order chi connectivity index (χ0) is 17.8. The molecule has 0 saturated carbocycles. The molecule has 3 N–H and O–H groups in total. The highest BCUT2D eigenvalue weighted by Crippen LogP contribution is 2.33. The smallest absolute Gasteiger partial charge is 0.222 e. The first-order valence-electron chi connectivity index (χ1n) is 7.90. The van der Waals surface area contributed by atoms with Gasteiger partial charge in [-0.3, -0.25) is 4.90 Å². The summed E-state index contributed by atoms with van der Waals surface area (Å²) in [6.45, 7) is 3.70. The van der Waals surface area contributed by atoms with Gasteiger partial charge in [-0.05, 0) is 18.2 Å². The quantitative estimate of drug-likeness (QED) is 0.832. The van der Waals surface area contributed by atoms with Crippen LogP contribution >= 0.6 is 11.6 Å². The van der Waals surface area contributed by atoms with E-state index in [1.807, 2.05) is 4.90 Å². The van der Waals surface area contributed by atoms with E-state index in [1.54, 1.807) is 6.07 Å². The monoisotopic (exact) mass is 367 g/mol. The number of nitrogens with two attached hydrogens (primary N) is 1. The number of aliphatic hydroxyl groups is 1. The highest BCUT2D eigenvalue weighted by molar-refractivity contribution is 6.30. The van der Waals surface area contributed by atoms with Crippen molar-refractivity contribution in [2.24, 2.45) is 0 Å².